The van der Waals surface area contributed by atoms with E-state index >= 15 is 0 Å². The van der Waals surface area contributed by atoms with Gasteiger partial charge < -0.3 is 13.9 Å². The Morgan fingerprint density at radius 1 is 1.22 bits per heavy atom. The van der Waals surface area contributed by atoms with Crippen LogP contribution in [0.1, 0.15) is 27.7 Å². The number of fused-ring (bicyclic) bond motifs is 2. The van der Waals surface area contributed by atoms with Gasteiger partial charge in [-0.15, -0.1) is 11.3 Å². The average molecular weight is 446 g/mol. The van der Waals surface area contributed by atoms with Gasteiger partial charge in [0.2, 0.25) is 5.76 Å². The van der Waals surface area contributed by atoms with Gasteiger partial charge in [0.15, 0.2) is 10.6 Å². The second kappa shape index (κ2) is 7.97. The summed E-state index contributed by atoms with van der Waals surface area (Å²) in [7, 11) is 1.53. The van der Waals surface area contributed by atoms with Crippen LogP contribution in [0.3, 0.4) is 0 Å². The predicted octanol–water partition coefficient (Wildman–Crippen LogP) is 4.57. The van der Waals surface area contributed by atoms with E-state index in [4.69, 9.17) is 13.9 Å². The first-order chi connectivity index (χ1) is 15.6. The van der Waals surface area contributed by atoms with Crippen LogP contribution in [0.15, 0.2) is 75.9 Å². The molecule has 0 fully saturated rings. The lowest BCUT2D eigenvalue weighted by atomic mass is 9.98. The van der Waals surface area contributed by atoms with Gasteiger partial charge in [0.25, 0.3) is 5.91 Å². The van der Waals surface area contributed by atoms with Crippen LogP contribution < -0.4 is 19.8 Å². The number of anilines is 1. The fourth-order valence-electron chi connectivity index (χ4n) is 3.86. The first-order valence-electron chi connectivity index (χ1n) is 9.84. The smallest absolute Gasteiger partial charge is 0.297 e. The molecule has 4 aromatic rings. The van der Waals surface area contributed by atoms with Crippen molar-refractivity contribution >= 4 is 33.3 Å². The summed E-state index contributed by atoms with van der Waals surface area (Å²) in [6.07, 6.45) is 3.27. The zero-order chi connectivity index (χ0) is 22.2. The highest BCUT2D eigenvalue weighted by Crippen LogP contribution is 2.42. The summed E-state index contributed by atoms with van der Waals surface area (Å²) in [5.41, 5.74) is 1.03. The molecule has 32 heavy (non-hydrogen) atoms. The quantitative estimate of drug-likeness (QED) is 0.404. The molecule has 0 aliphatic carbocycles. The standard InChI is InChI=1S/C24H18N2O5S/c1-3-10-30-16-6-4-5-14(12-16)20-19-21(27)17-8-7-15(29-2)13-18(17)31-22(19)23(28)26(20)24-25-9-11-32-24/h3-9,11-13,20H,1,10H2,2H3. The van der Waals surface area contributed by atoms with Crippen molar-refractivity contribution in [3.05, 3.63) is 93.8 Å². The van der Waals surface area contributed by atoms with Crippen molar-refractivity contribution in [3.8, 4) is 11.5 Å². The molecule has 3 heterocycles. The van der Waals surface area contributed by atoms with Crippen molar-refractivity contribution in [3.63, 3.8) is 0 Å². The second-order valence-electron chi connectivity index (χ2n) is 7.10. The maximum Gasteiger partial charge on any atom is 0.297 e. The van der Waals surface area contributed by atoms with Crippen LogP contribution in [0.4, 0.5) is 5.13 Å². The number of benzene rings is 2. The van der Waals surface area contributed by atoms with E-state index in [1.807, 2.05) is 24.3 Å². The number of carbonyl (C=O) groups is 1. The number of carbonyl (C=O) groups excluding carboxylic acids is 1. The van der Waals surface area contributed by atoms with Gasteiger partial charge in [-0.2, -0.15) is 0 Å². The lowest BCUT2D eigenvalue weighted by molar-refractivity contribution is 0.0971. The normalized spacial score (nSPS) is 15.1. The SMILES string of the molecule is C=CCOc1cccc(C2c3c(oc4cc(OC)ccc4c3=O)C(=O)N2c2nccs2)c1. The Hall–Kier alpha value is -3.91. The Labute approximate surface area is 187 Å². The maximum atomic E-state index is 13.6. The van der Waals surface area contributed by atoms with Gasteiger partial charge in [0.1, 0.15) is 23.7 Å². The lowest BCUT2D eigenvalue weighted by Crippen LogP contribution is -2.29. The number of thiazole rings is 1. The van der Waals surface area contributed by atoms with Crippen molar-refractivity contribution in [2.75, 3.05) is 18.6 Å². The van der Waals surface area contributed by atoms with Crippen molar-refractivity contribution in [1.82, 2.24) is 4.98 Å². The minimum atomic E-state index is -0.696. The highest BCUT2D eigenvalue weighted by Gasteiger charge is 2.44. The first-order valence-corrected chi connectivity index (χ1v) is 10.7. The molecule has 0 saturated carbocycles. The van der Waals surface area contributed by atoms with Crippen LogP contribution in [0.2, 0.25) is 0 Å². The maximum absolute atomic E-state index is 13.6. The van der Waals surface area contributed by atoms with Crippen molar-refractivity contribution in [2.45, 2.75) is 6.04 Å². The van der Waals surface area contributed by atoms with E-state index in [-0.39, 0.29) is 16.8 Å². The zero-order valence-electron chi connectivity index (χ0n) is 17.1. The Morgan fingerprint density at radius 3 is 2.84 bits per heavy atom. The predicted molar refractivity (Wildman–Crippen MR) is 122 cm³/mol. The number of hydrogen-bond donors (Lipinski definition) is 0. The number of methoxy groups -OCH3 is 1. The van der Waals surface area contributed by atoms with Crippen LogP contribution in [-0.2, 0) is 0 Å². The summed E-state index contributed by atoms with van der Waals surface area (Å²) in [6.45, 7) is 4.01. The minimum Gasteiger partial charge on any atom is -0.497 e. The van der Waals surface area contributed by atoms with E-state index in [1.165, 1.54) is 23.3 Å². The summed E-state index contributed by atoms with van der Waals surface area (Å²) >= 11 is 1.31. The molecule has 0 bridgehead atoms. The van der Waals surface area contributed by atoms with E-state index in [9.17, 15) is 9.59 Å². The van der Waals surface area contributed by atoms with E-state index in [1.54, 1.807) is 35.9 Å². The molecule has 5 rings (SSSR count). The van der Waals surface area contributed by atoms with E-state index < -0.39 is 11.9 Å². The fourth-order valence-corrected chi connectivity index (χ4v) is 4.52. The topological polar surface area (TPSA) is 81.9 Å². The molecule has 0 N–H and O–H groups in total. The largest absolute Gasteiger partial charge is 0.497 e. The molecule has 1 unspecified atom stereocenters. The number of nitrogens with zero attached hydrogens (tertiary/aromatic N) is 2. The van der Waals surface area contributed by atoms with Crippen molar-refractivity contribution in [2.24, 2.45) is 0 Å². The van der Waals surface area contributed by atoms with E-state index in [2.05, 4.69) is 11.6 Å². The summed E-state index contributed by atoms with van der Waals surface area (Å²) < 4.78 is 16.9. The molecule has 7 nitrogen and oxygen atoms in total. The first kappa shape index (κ1) is 20.0. The molecular weight excluding hydrogens is 428 g/mol. The molecule has 1 aliphatic rings. The van der Waals surface area contributed by atoms with Gasteiger partial charge in [-0.25, -0.2) is 4.98 Å². The summed E-state index contributed by atoms with van der Waals surface area (Å²) in [5, 5.41) is 2.63. The molecule has 1 amide bonds. The van der Waals surface area contributed by atoms with Gasteiger partial charge >= 0.3 is 0 Å². The highest BCUT2D eigenvalue weighted by molar-refractivity contribution is 7.13. The number of aromatic nitrogens is 1. The summed E-state index contributed by atoms with van der Waals surface area (Å²) in [5.74, 6) is 0.733. The third-order valence-corrected chi connectivity index (χ3v) is 6.02. The second-order valence-corrected chi connectivity index (χ2v) is 7.97. The number of rotatable bonds is 6. The molecule has 0 saturated heterocycles. The van der Waals surface area contributed by atoms with Crippen molar-refractivity contribution in [1.29, 1.82) is 0 Å². The number of hydrogen-bond acceptors (Lipinski definition) is 7. The molecule has 160 valence electrons. The van der Waals surface area contributed by atoms with E-state index in [0.29, 0.717) is 39.8 Å². The van der Waals surface area contributed by atoms with Gasteiger partial charge in [0.05, 0.1) is 24.1 Å². The molecule has 0 spiro atoms. The number of amides is 1. The van der Waals surface area contributed by atoms with Crippen molar-refractivity contribution < 1.29 is 18.7 Å². The van der Waals surface area contributed by atoms with Gasteiger partial charge in [-0.05, 0) is 29.8 Å². The van der Waals surface area contributed by atoms with Gasteiger partial charge in [-0.3, -0.25) is 14.5 Å². The molecular formula is C24H18N2O5S. The monoisotopic (exact) mass is 446 g/mol. The third kappa shape index (κ3) is 3.16. The van der Waals surface area contributed by atoms with Crippen LogP contribution >= 0.6 is 11.3 Å². The average Bonchev–Trinajstić information content (AvgIpc) is 3.44. The minimum absolute atomic E-state index is 0.00775. The Morgan fingerprint density at radius 2 is 2.09 bits per heavy atom. The van der Waals surface area contributed by atoms with Crippen LogP contribution in [0.5, 0.6) is 11.5 Å². The van der Waals surface area contributed by atoms with Crippen LogP contribution in [0, 0.1) is 0 Å². The van der Waals surface area contributed by atoms with Gasteiger partial charge in [-0.1, -0.05) is 24.8 Å². The number of ether oxygens (including phenoxy) is 2. The van der Waals surface area contributed by atoms with Crippen LogP contribution in [-0.4, -0.2) is 24.6 Å². The molecule has 1 aliphatic heterocycles. The molecule has 8 heteroatoms. The Kier molecular flexibility index (Phi) is 4.99. The Balaban J connectivity index is 1.75. The highest BCUT2D eigenvalue weighted by atomic mass is 32.1. The fraction of sp³-hybridized carbons (Fsp3) is 0.125. The summed E-state index contributed by atoms with van der Waals surface area (Å²) in [4.78, 5) is 32.9. The van der Waals surface area contributed by atoms with Gasteiger partial charge in [0, 0.05) is 17.6 Å². The van der Waals surface area contributed by atoms with Crippen LogP contribution in [0.25, 0.3) is 11.0 Å². The van der Waals surface area contributed by atoms with E-state index in [0.717, 1.165) is 0 Å². The molecule has 2 aromatic heterocycles. The molecule has 1 atom stereocenters. The lowest BCUT2D eigenvalue weighted by Gasteiger charge is -2.23. The third-order valence-electron chi connectivity index (χ3n) is 5.25. The Bertz CT molecular complexity index is 1390. The molecule has 2 aromatic carbocycles. The molecule has 0 radical (unpaired) electrons. The zero-order valence-corrected chi connectivity index (χ0v) is 17.9. The summed E-state index contributed by atoms with van der Waals surface area (Å²) in [6, 6.07) is 11.6.